The normalized spacial score (nSPS) is 13.5. The van der Waals surface area contributed by atoms with Crippen molar-refractivity contribution < 1.29 is 28.6 Å². The van der Waals surface area contributed by atoms with Crippen molar-refractivity contribution in [2.45, 2.75) is 59.4 Å². The van der Waals surface area contributed by atoms with Gasteiger partial charge in [0, 0.05) is 18.0 Å². The van der Waals surface area contributed by atoms with Crippen molar-refractivity contribution in [1.29, 1.82) is 0 Å². The average molecular weight is 488 g/mol. The summed E-state index contributed by atoms with van der Waals surface area (Å²) in [6.07, 6.45) is -1.21. The lowest BCUT2D eigenvalue weighted by atomic mass is 10.1. The molecule has 35 heavy (non-hydrogen) atoms. The van der Waals surface area contributed by atoms with Crippen LogP contribution in [0.1, 0.15) is 37.5 Å². The largest absolute Gasteiger partial charge is 0.491 e. The zero-order chi connectivity index (χ0) is 26.1. The van der Waals surface area contributed by atoms with Gasteiger partial charge in [0.1, 0.15) is 30.3 Å². The highest BCUT2D eigenvalue weighted by Gasteiger charge is 2.30. The predicted octanol–water partition coefficient (Wildman–Crippen LogP) is 2.14. The van der Waals surface area contributed by atoms with Gasteiger partial charge in [0.2, 0.25) is 17.7 Å². The molecule has 9 heteroatoms. The molecule has 0 fully saturated rings. The van der Waals surface area contributed by atoms with Crippen molar-refractivity contribution in [3.8, 4) is 5.75 Å². The van der Waals surface area contributed by atoms with Gasteiger partial charge in [0.05, 0.1) is 6.10 Å². The van der Waals surface area contributed by atoms with Crippen LogP contribution in [0.25, 0.3) is 0 Å². The minimum Gasteiger partial charge on any atom is -0.491 e. The standard InChI is InChI=1S/C26H34FN3O5/c1-15(2)24(32)30-23(18(5)31)26(34)29-22(14-35-20-8-6-7-16(3)11-20)25(33)28-13-19-10-9-17(4)12-21(19)27/h6-12,15,18,22-23,31H,13-14H2,1-5H3,(H,28,33)(H,29,34)(H,30,32)/t18-,22+,23+/m1/s1. The second-order valence-electron chi connectivity index (χ2n) is 8.88. The molecule has 0 bridgehead atoms. The zero-order valence-electron chi connectivity index (χ0n) is 20.7. The number of carbonyl (C=O) groups is 3. The summed E-state index contributed by atoms with van der Waals surface area (Å²) in [5.41, 5.74) is 1.99. The molecule has 0 aromatic heterocycles. The Balaban J connectivity index is 2.16. The molecule has 4 N–H and O–H groups in total. The Morgan fingerprint density at radius 2 is 1.63 bits per heavy atom. The van der Waals surface area contributed by atoms with Crippen molar-refractivity contribution in [2.24, 2.45) is 5.92 Å². The number of halogens is 1. The number of amides is 3. The van der Waals surface area contributed by atoms with Crippen molar-refractivity contribution >= 4 is 17.7 Å². The minimum absolute atomic E-state index is 0.0916. The Morgan fingerprint density at radius 3 is 2.23 bits per heavy atom. The molecule has 0 aliphatic carbocycles. The van der Waals surface area contributed by atoms with E-state index in [9.17, 15) is 23.9 Å². The van der Waals surface area contributed by atoms with E-state index in [0.717, 1.165) is 11.1 Å². The first-order valence-electron chi connectivity index (χ1n) is 11.5. The molecule has 2 rings (SSSR count). The quantitative estimate of drug-likeness (QED) is 0.388. The van der Waals surface area contributed by atoms with Crippen molar-refractivity contribution in [3.63, 3.8) is 0 Å². The van der Waals surface area contributed by atoms with Crippen LogP contribution in [-0.4, -0.2) is 47.6 Å². The highest BCUT2D eigenvalue weighted by Crippen LogP contribution is 2.13. The lowest BCUT2D eigenvalue weighted by molar-refractivity contribution is -0.135. The summed E-state index contributed by atoms with van der Waals surface area (Å²) in [6, 6.07) is 9.41. The zero-order valence-corrected chi connectivity index (χ0v) is 20.7. The van der Waals surface area contributed by atoms with E-state index < -0.39 is 47.6 Å². The van der Waals surface area contributed by atoms with Crippen LogP contribution >= 0.6 is 0 Å². The van der Waals surface area contributed by atoms with Gasteiger partial charge in [-0.1, -0.05) is 38.1 Å². The minimum atomic E-state index is -1.27. The summed E-state index contributed by atoms with van der Waals surface area (Å²) in [6.45, 7) is 8.01. The van der Waals surface area contributed by atoms with Crippen molar-refractivity contribution in [3.05, 3.63) is 65.0 Å². The molecule has 190 valence electrons. The monoisotopic (exact) mass is 487 g/mol. The lowest BCUT2D eigenvalue weighted by Gasteiger charge is -2.25. The maximum absolute atomic E-state index is 14.2. The van der Waals surface area contributed by atoms with Crippen LogP contribution in [0.15, 0.2) is 42.5 Å². The number of hydrogen-bond acceptors (Lipinski definition) is 5. The van der Waals surface area contributed by atoms with Crippen LogP contribution < -0.4 is 20.7 Å². The topological polar surface area (TPSA) is 117 Å². The van der Waals surface area contributed by atoms with Crippen LogP contribution in [0, 0.1) is 25.6 Å². The number of aliphatic hydroxyl groups is 1. The van der Waals surface area contributed by atoms with E-state index in [4.69, 9.17) is 4.74 Å². The van der Waals surface area contributed by atoms with E-state index in [-0.39, 0.29) is 13.2 Å². The van der Waals surface area contributed by atoms with Gasteiger partial charge >= 0.3 is 0 Å². The lowest BCUT2D eigenvalue weighted by Crippen LogP contribution is -2.58. The number of aryl methyl sites for hydroxylation is 2. The van der Waals surface area contributed by atoms with Crippen LogP contribution in [0.4, 0.5) is 4.39 Å². The van der Waals surface area contributed by atoms with Crippen LogP contribution in [0.2, 0.25) is 0 Å². The van der Waals surface area contributed by atoms with Crippen LogP contribution in [0.5, 0.6) is 5.75 Å². The Kier molecular flexibility index (Phi) is 10.2. The SMILES string of the molecule is Cc1cccc(OC[C@H](NC(=O)[C@@H](NC(=O)C(C)C)[C@@H](C)O)C(=O)NCc2ccc(C)cc2F)c1. The molecule has 3 amide bonds. The highest BCUT2D eigenvalue weighted by atomic mass is 19.1. The molecule has 0 aliphatic heterocycles. The third kappa shape index (κ3) is 8.68. The summed E-state index contributed by atoms with van der Waals surface area (Å²) in [7, 11) is 0. The molecule has 3 atom stereocenters. The molecule has 0 saturated carbocycles. The molecule has 0 heterocycles. The highest BCUT2D eigenvalue weighted by molar-refractivity contribution is 5.92. The first kappa shape index (κ1) is 27.8. The van der Waals surface area contributed by atoms with Crippen LogP contribution in [0.3, 0.4) is 0 Å². The molecule has 0 aliphatic rings. The van der Waals surface area contributed by atoms with Crippen LogP contribution in [-0.2, 0) is 20.9 Å². The van der Waals surface area contributed by atoms with Gasteiger partial charge < -0.3 is 25.8 Å². The maximum Gasteiger partial charge on any atom is 0.246 e. The summed E-state index contributed by atoms with van der Waals surface area (Å²) in [5, 5.41) is 17.7. The summed E-state index contributed by atoms with van der Waals surface area (Å²) in [5.74, 6) is -2.13. The number of ether oxygens (including phenoxy) is 1. The van der Waals surface area contributed by atoms with Gasteiger partial charge in [-0.25, -0.2) is 4.39 Å². The van der Waals surface area contributed by atoms with Crippen molar-refractivity contribution in [2.75, 3.05) is 6.61 Å². The van der Waals surface area contributed by atoms with E-state index in [1.54, 1.807) is 51.1 Å². The van der Waals surface area contributed by atoms with Gasteiger partial charge in [-0.05, 0) is 50.1 Å². The molecular weight excluding hydrogens is 453 g/mol. The average Bonchev–Trinajstić information content (AvgIpc) is 2.78. The molecule has 0 spiro atoms. The second-order valence-corrected chi connectivity index (χ2v) is 8.88. The fourth-order valence-electron chi connectivity index (χ4n) is 3.16. The number of carbonyl (C=O) groups excluding carboxylic acids is 3. The van der Waals surface area contributed by atoms with E-state index in [1.807, 2.05) is 13.0 Å². The molecule has 2 aromatic rings. The fraction of sp³-hybridized carbons (Fsp3) is 0.423. The molecule has 0 saturated heterocycles. The first-order valence-corrected chi connectivity index (χ1v) is 11.5. The van der Waals surface area contributed by atoms with E-state index in [0.29, 0.717) is 11.3 Å². The number of hydrogen-bond donors (Lipinski definition) is 4. The third-order valence-corrected chi connectivity index (χ3v) is 5.29. The Bertz CT molecular complexity index is 1040. The third-order valence-electron chi connectivity index (χ3n) is 5.29. The molecular formula is C26H34FN3O5. The Morgan fingerprint density at radius 1 is 0.943 bits per heavy atom. The predicted molar refractivity (Wildman–Crippen MR) is 130 cm³/mol. The molecule has 8 nitrogen and oxygen atoms in total. The molecule has 0 radical (unpaired) electrons. The number of benzene rings is 2. The second kappa shape index (κ2) is 12.9. The number of aliphatic hydroxyl groups excluding tert-OH is 1. The molecule has 2 aromatic carbocycles. The van der Waals surface area contributed by atoms with E-state index in [1.165, 1.54) is 13.0 Å². The van der Waals surface area contributed by atoms with E-state index >= 15 is 0 Å². The summed E-state index contributed by atoms with van der Waals surface area (Å²) in [4.78, 5) is 38.0. The summed E-state index contributed by atoms with van der Waals surface area (Å²) >= 11 is 0. The summed E-state index contributed by atoms with van der Waals surface area (Å²) < 4.78 is 19.9. The van der Waals surface area contributed by atoms with Gasteiger partial charge in [-0.2, -0.15) is 0 Å². The van der Waals surface area contributed by atoms with Gasteiger partial charge in [0.25, 0.3) is 0 Å². The van der Waals surface area contributed by atoms with Crippen molar-refractivity contribution in [1.82, 2.24) is 16.0 Å². The van der Waals surface area contributed by atoms with Gasteiger partial charge in [-0.3, -0.25) is 14.4 Å². The number of nitrogens with one attached hydrogen (secondary N) is 3. The van der Waals surface area contributed by atoms with Gasteiger partial charge in [0.15, 0.2) is 0 Å². The number of rotatable bonds is 11. The smallest absolute Gasteiger partial charge is 0.246 e. The Hall–Kier alpha value is -3.46. The van der Waals surface area contributed by atoms with Gasteiger partial charge in [-0.15, -0.1) is 0 Å². The first-order chi connectivity index (χ1) is 16.5. The Labute approximate surface area is 205 Å². The van der Waals surface area contributed by atoms with E-state index in [2.05, 4.69) is 16.0 Å². The molecule has 0 unspecified atom stereocenters. The maximum atomic E-state index is 14.2. The fourth-order valence-corrected chi connectivity index (χ4v) is 3.16.